The van der Waals surface area contributed by atoms with Crippen LogP contribution in [0.2, 0.25) is 0 Å². The Morgan fingerprint density at radius 3 is 2.33 bits per heavy atom. The van der Waals surface area contributed by atoms with Crippen molar-refractivity contribution >= 4 is 17.6 Å². The van der Waals surface area contributed by atoms with Crippen molar-refractivity contribution in [2.75, 3.05) is 0 Å². The van der Waals surface area contributed by atoms with E-state index in [0.29, 0.717) is 6.42 Å². The molecule has 1 aromatic carbocycles. The second-order valence-electron chi connectivity index (χ2n) is 3.82. The normalized spacial score (nSPS) is 11.7. The first kappa shape index (κ1) is 13.8. The van der Waals surface area contributed by atoms with Gasteiger partial charge in [0.05, 0.1) is 16.4 Å². The molecule has 0 radical (unpaired) electrons. The number of hydrogen-bond donors (Lipinski definition) is 0. The van der Waals surface area contributed by atoms with Gasteiger partial charge in [-0.3, -0.25) is 14.9 Å². The zero-order valence-corrected chi connectivity index (χ0v) is 10.1. The number of ether oxygens (including phenoxy) is 1. The van der Waals surface area contributed by atoms with E-state index in [4.69, 9.17) is 0 Å². The Morgan fingerprint density at radius 2 is 1.89 bits per heavy atom. The van der Waals surface area contributed by atoms with Gasteiger partial charge in [0, 0.05) is 12.1 Å². The molecule has 0 amide bonds. The third-order valence-electron chi connectivity index (χ3n) is 2.52. The molecule has 6 heteroatoms. The van der Waals surface area contributed by atoms with Gasteiger partial charge in [0.15, 0.2) is 0 Å². The lowest BCUT2D eigenvalue weighted by atomic mass is 10.1. The van der Waals surface area contributed by atoms with Crippen molar-refractivity contribution in [3.63, 3.8) is 0 Å². The molecule has 1 aromatic rings. The van der Waals surface area contributed by atoms with Crippen molar-refractivity contribution in [2.24, 2.45) is 5.92 Å². The molecule has 1 atom stereocenters. The predicted octanol–water partition coefficient (Wildman–Crippen LogP) is 2.32. The van der Waals surface area contributed by atoms with Crippen LogP contribution >= 0.6 is 0 Å². The number of esters is 2. The number of rotatable bonds is 4. The van der Waals surface area contributed by atoms with E-state index in [9.17, 15) is 19.7 Å². The molecule has 0 aromatic heterocycles. The summed E-state index contributed by atoms with van der Waals surface area (Å²) in [5.74, 6) is -1.75. The van der Waals surface area contributed by atoms with Crippen LogP contribution in [-0.2, 0) is 9.53 Å². The number of carbonyl (C=O) groups is 2. The fraction of sp³-hybridized carbons (Fsp3) is 0.333. The molecule has 0 saturated heterocycles. The number of nitro benzene ring substituents is 1. The van der Waals surface area contributed by atoms with Gasteiger partial charge in [-0.05, 0) is 18.6 Å². The van der Waals surface area contributed by atoms with Crippen molar-refractivity contribution < 1.29 is 19.2 Å². The number of benzene rings is 1. The van der Waals surface area contributed by atoms with Crippen LogP contribution in [0, 0.1) is 16.0 Å². The molecule has 0 fully saturated rings. The fourth-order valence-electron chi connectivity index (χ4n) is 1.14. The van der Waals surface area contributed by atoms with Crippen LogP contribution in [0.25, 0.3) is 0 Å². The highest BCUT2D eigenvalue weighted by molar-refractivity contribution is 5.97. The molecule has 0 N–H and O–H groups in total. The van der Waals surface area contributed by atoms with Crippen LogP contribution in [0.3, 0.4) is 0 Å². The molecular weight excluding hydrogens is 238 g/mol. The molecule has 0 heterocycles. The minimum absolute atomic E-state index is 0.109. The van der Waals surface area contributed by atoms with Crippen molar-refractivity contribution in [1.29, 1.82) is 0 Å². The maximum atomic E-state index is 11.5. The van der Waals surface area contributed by atoms with Crippen LogP contribution in [0.15, 0.2) is 24.3 Å². The highest BCUT2D eigenvalue weighted by Gasteiger charge is 2.18. The standard InChI is InChI=1S/C12H13NO5/c1-3-8(2)11(14)18-12(15)9-4-6-10(7-5-9)13(16)17/h4-8H,3H2,1-2H3/t8-/m0/s1. The summed E-state index contributed by atoms with van der Waals surface area (Å²) in [6.07, 6.45) is 0.576. The van der Waals surface area contributed by atoms with E-state index in [1.165, 1.54) is 24.3 Å². The van der Waals surface area contributed by atoms with E-state index in [0.717, 1.165) is 0 Å². The minimum Gasteiger partial charge on any atom is -0.389 e. The molecule has 0 unspecified atom stereocenters. The Bertz CT molecular complexity index is 466. The molecule has 0 aliphatic heterocycles. The molecule has 0 aliphatic rings. The average Bonchev–Trinajstić information content (AvgIpc) is 2.37. The fourth-order valence-corrected chi connectivity index (χ4v) is 1.14. The third kappa shape index (κ3) is 3.38. The van der Waals surface area contributed by atoms with E-state index < -0.39 is 16.9 Å². The van der Waals surface area contributed by atoms with Crippen molar-refractivity contribution in [3.8, 4) is 0 Å². The van der Waals surface area contributed by atoms with E-state index >= 15 is 0 Å². The Kier molecular flexibility index (Phi) is 4.53. The zero-order chi connectivity index (χ0) is 13.7. The lowest BCUT2D eigenvalue weighted by molar-refractivity contribution is -0.384. The molecule has 1 rings (SSSR count). The number of non-ortho nitro benzene ring substituents is 1. The largest absolute Gasteiger partial charge is 0.389 e. The van der Waals surface area contributed by atoms with Crippen LogP contribution < -0.4 is 0 Å². The van der Waals surface area contributed by atoms with Crippen molar-refractivity contribution in [1.82, 2.24) is 0 Å². The number of nitrogens with zero attached hydrogens (tertiary/aromatic N) is 1. The van der Waals surface area contributed by atoms with Gasteiger partial charge in [-0.25, -0.2) is 4.79 Å². The summed E-state index contributed by atoms with van der Waals surface area (Å²) < 4.78 is 4.64. The number of hydrogen-bond acceptors (Lipinski definition) is 5. The molecule has 0 aliphatic carbocycles. The quantitative estimate of drug-likeness (QED) is 0.354. The predicted molar refractivity (Wildman–Crippen MR) is 63.0 cm³/mol. The number of nitro groups is 1. The number of carbonyl (C=O) groups excluding carboxylic acids is 2. The summed E-state index contributed by atoms with van der Waals surface area (Å²) in [4.78, 5) is 32.8. The smallest absolute Gasteiger partial charge is 0.345 e. The van der Waals surface area contributed by atoms with E-state index in [1.54, 1.807) is 6.92 Å². The molecule has 6 nitrogen and oxygen atoms in total. The Labute approximate surface area is 104 Å². The Morgan fingerprint density at radius 1 is 1.33 bits per heavy atom. The van der Waals surface area contributed by atoms with Crippen LogP contribution in [0.1, 0.15) is 30.6 Å². The molecule has 0 bridgehead atoms. The van der Waals surface area contributed by atoms with Crippen LogP contribution in [0.5, 0.6) is 0 Å². The van der Waals surface area contributed by atoms with Gasteiger partial charge in [0.25, 0.3) is 5.69 Å². The summed E-state index contributed by atoms with van der Waals surface area (Å²) in [6, 6.07) is 4.88. The first-order valence-corrected chi connectivity index (χ1v) is 5.46. The summed E-state index contributed by atoms with van der Waals surface area (Å²) in [6.45, 7) is 3.47. The second-order valence-corrected chi connectivity index (χ2v) is 3.82. The summed E-state index contributed by atoms with van der Waals surface area (Å²) in [7, 11) is 0. The Balaban J connectivity index is 2.73. The van der Waals surface area contributed by atoms with Gasteiger partial charge in [-0.1, -0.05) is 13.8 Å². The van der Waals surface area contributed by atoms with Crippen LogP contribution in [0.4, 0.5) is 5.69 Å². The Hall–Kier alpha value is -2.24. The average molecular weight is 251 g/mol. The topological polar surface area (TPSA) is 86.5 Å². The first-order valence-electron chi connectivity index (χ1n) is 5.46. The lowest BCUT2D eigenvalue weighted by Gasteiger charge is -2.07. The molecular formula is C12H13NO5. The van der Waals surface area contributed by atoms with E-state index in [-0.39, 0.29) is 17.2 Å². The van der Waals surface area contributed by atoms with Gasteiger partial charge in [-0.2, -0.15) is 0 Å². The first-order chi connectivity index (χ1) is 8.45. The van der Waals surface area contributed by atoms with Gasteiger partial charge < -0.3 is 4.74 Å². The molecule has 0 spiro atoms. The summed E-state index contributed by atoms with van der Waals surface area (Å²) in [5.41, 5.74) is -0.0166. The maximum absolute atomic E-state index is 11.5. The van der Waals surface area contributed by atoms with Crippen molar-refractivity contribution in [2.45, 2.75) is 20.3 Å². The van der Waals surface area contributed by atoms with Gasteiger partial charge in [-0.15, -0.1) is 0 Å². The minimum atomic E-state index is -0.796. The highest BCUT2D eigenvalue weighted by Crippen LogP contribution is 2.13. The molecule has 18 heavy (non-hydrogen) atoms. The van der Waals surface area contributed by atoms with Gasteiger partial charge in [0.2, 0.25) is 0 Å². The van der Waals surface area contributed by atoms with E-state index in [1.807, 2.05) is 6.92 Å². The third-order valence-corrected chi connectivity index (χ3v) is 2.52. The highest BCUT2D eigenvalue weighted by atomic mass is 16.6. The monoisotopic (exact) mass is 251 g/mol. The molecule has 0 saturated carbocycles. The van der Waals surface area contributed by atoms with Gasteiger partial charge in [0.1, 0.15) is 0 Å². The van der Waals surface area contributed by atoms with E-state index in [2.05, 4.69) is 4.74 Å². The van der Waals surface area contributed by atoms with Crippen LogP contribution in [-0.4, -0.2) is 16.9 Å². The molecule has 96 valence electrons. The lowest BCUT2D eigenvalue weighted by Crippen LogP contribution is -2.18. The summed E-state index contributed by atoms with van der Waals surface area (Å²) >= 11 is 0. The SMILES string of the molecule is CC[C@H](C)C(=O)OC(=O)c1ccc([N+](=O)[O-])cc1. The van der Waals surface area contributed by atoms with Gasteiger partial charge >= 0.3 is 11.9 Å². The maximum Gasteiger partial charge on any atom is 0.345 e. The summed E-state index contributed by atoms with van der Waals surface area (Å²) in [5, 5.41) is 10.4. The zero-order valence-electron chi connectivity index (χ0n) is 10.1. The second kappa shape index (κ2) is 5.90. The van der Waals surface area contributed by atoms with Crippen molar-refractivity contribution in [3.05, 3.63) is 39.9 Å².